The highest BCUT2D eigenvalue weighted by atomic mass is 16.5. The van der Waals surface area contributed by atoms with Crippen LogP contribution in [-0.2, 0) is 11.3 Å². The van der Waals surface area contributed by atoms with Crippen LogP contribution in [-0.4, -0.2) is 30.6 Å². The monoisotopic (exact) mass is 339 g/mol. The van der Waals surface area contributed by atoms with Crippen LogP contribution >= 0.6 is 0 Å². The highest BCUT2D eigenvalue weighted by Gasteiger charge is 2.27. The number of nitrogens with zero attached hydrogens (tertiary/aromatic N) is 2. The predicted molar refractivity (Wildman–Crippen MR) is 98.9 cm³/mol. The summed E-state index contributed by atoms with van der Waals surface area (Å²) in [7, 11) is 0. The van der Waals surface area contributed by atoms with Crippen molar-refractivity contribution in [3.05, 3.63) is 53.7 Å². The Bertz CT molecular complexity index is 711. The number of amides is 1. The summed E-state index contributed by atoms with van der Waals surface area (Å²) in [5, 5.41) is 3.04. The zero-order valence-electron chi connectivity index (χ0n) is 14.9. The minimum atomic E-state index is -0.146. The van der Waals surface area contributed by atoms with E-state index >= 15 is 0 Å². The van der Waals surface area contributed by atoms with Crippen molar-refractivity contribution in [2.24, 2.45) is 0 Å². The molecule has 0 spiro atoms. The lowest BCUT2D eigenvalue weighted by molar-refractivity contribution is -0.123. The molecule has 2 heterocycles. The molecule has 0 radical (unpaired) electrons. The van der Waals surface area contributed by atoms with Gasteiger partial charge in [0.25, 0.3) is 0 Å². The first-order chi connectivity index (χ1) is 12.2. The van der Waals surface area contributed by atoms with E-state index in [1.807, 2.05) is 42.6 Å². The third kappa shape index (κ3) is 3.92. The van der Waals surface area contributed by atoms with Crippen LogP contribution < -0.4 is 15.0 Å². The summed E-state index contributed by atoms with van der Waals surface area (Å²) in [6.45, 7) is 7.17. The number of carbonyl (C=O) groups excluding carboxylic acids is 1. The van der Waals surface area contributed by atoms with E-state index in [0.717, 1.165) is 35.8 Å². The molecular weight excluding hydrogens is 314 g/mol. The molecule has 1 aromatic heterocycles. The second-order valence-corrected chi connectivity index (χ2v) is 6.14. The lowest BCUT2D eigenvalue weighted by atomic mass is 9.92. The molecule has 0 saturated heterocycles. The van der Waals surface area contributed by atoms with E-state index < -0.39 is 0 Å². The number of ether oxygens (including phenoxy) is 1. The third-order valence-electron chi connectivity index (χ3n) is 4.64. The molecule has 0 saturated carbocycles. The number of nitrogens with one attached hydrogen (secondary N) is 1. The second-order valence-electron chi connectivity index (χ2n) is 6.14. The quantitative estimate of drug-likeness (QED) is 0.879. The first kappa shape index (κ1) is 17.3. The molecule has 1 atom stereocenters. The van der Waals surface area contributed by atoms with E-state index in [1.165, 1.54) is 0 Å². The maximum atomic E-state index is 12.6. The fourth-order valence-electron chi connectivity index (χ4n) is 3.18. The number of anilines is 1. The number of benzene rings is 1. The molecule has 0 bridgehead atoms. The van der Waals surface area contributed by atoms with E-state index in [2.05, 4.69) is 29.0 Å². The van der Waals surface area contributed by atoms with Crippen LogP contribution in [0.2, 0.25) is 0 Å². The van der Waals surface area contributed by atoms with Crippen molar-refractivity contribution < 1.29 is 9.53 Å². The number of carbonyl (C=O) groups is 1. The highest BCUT2D eigenvalue weighted by Crippen LogP contribution is 2.33. The van der Waals surface area contributed by atoms with Gasteiger partial charge in [0.2, 0.25) is 5.91 Å². The number of hydrogen-bond donors (Lipinski definition) is 1. The number of rotatable bonds is 6. The summed E-state index contributed by atoms with van der Waals surface area (Å²) in [6.07, 6.45) is 2.55. The average molecular weight is 339 g/mol. The molecule has 0 fully saturated rings. The molecule has 0 unspecified atom stereocenters. The molecule has 2 aromatic rings. The van der Waals surface area contributed by atoms with E-state index in [-0.39, 0.29) is 11.8 Å². The topological polar surface area (TPSA) is 54.5 Å². The van der Waals surface area contributed by atoms with Gasteiger partial charge in [0.05, 0.1) is 12.5 Å². The number of aromatic nitrogens is 1. The summed E-state index contributed by atoms with van der Waals surface area (Å²) in [4.78, 5) is 19.3. The Balaban J connectivity index is 1.61. The fraction of sp³-hybridized carbons (Fsp3) is 0.400. The molecule has 3 rings (SSSR count). The van der Waals surface area contributed by atoms with Gasteiger partial charge in [0.15, 0.2) is 0 Å². The SMILES string of the molecule is CCN(CC)c1ccc(CNC(=O)[C@@H]2CCOc3ccccc32)cn1. The van der Waals surface area contributed by atoms with Crippen molar-refractivity contribution in [3.8, 4) is 5.75 Å². The van der Waals surface area contributed by atoms with Crippen molar-refractivity contribution >= 4 is 11.7 Å². The van der Waals surface area contributed by atoms with Crippen molar-refractivity contribution in [3.63, 3.8) is 0 Å². The first-order valence-corrected chi connectivity index (χ1v) is 8.92. The zero-order chi connectivity index (χ0) is 17.6. The second kappa shape index (κ2) is 8.01. The third-order valence-corrected chi connectivity index (χ3v) is 4.64. The molecule has 1 amide bonds. The molecule has 25 heavy (non-hydrogen) atoms. The van der Waals surface area contributed by atoms with Crippen molar-refractivity contribution in [1.82, 2.24) is 10.3 Å². The summed E-state index contributed by atoms with van der Waals surface area (Å²) in [5.41, 5.74) is 1.98. The molecule has 1 aliphatic heterocycles. The Kier molecular flexibility index (Phi) is 5.53. The maximum absolute atomic E-state index is 12.6. The molecular formula is C20H25N3O2. The van der Waals surface area contributed by atoms with E-state index in [4.69, 9.17) is 4.74 Å². The molecule has 0 aliphatic carbocycles. The number of para-hydroxylation sites is 1. The lowest BCUT2D eigenvalue weighted by Crippen LogP contribution is -2.32. The van der Waals surface area contributed by atoms with E-state index in [9.17, 15) is 4.79 Å². The van der Waals surface area contributed by atoms with E-state index in [1.54, 1.807) is 0 Å². The van der Waals surface area contributed by atoms with Gasteiger partial charge < -0.3 is 15.0 Å². The van der Waals surface area contributed by atoms with Gasteiger partial charge in [0, 0.05) is 31.4 Å². The number of hydrogen-bond acceptors (Lipinski definition) is 4. The van der Waals surface area contributed by atoms with Crippen LogP contribution in [0, 0.1) is 0 Å². The zero-order valence-corrected chi connectivity index (χ0v) is 14.9. The molecule has 5 nitrogen and oxygen atoms in total. The molecule has 1 aliphatic rings. The van der Waals surface area contributed by atoms with Crippen molar-refractivity contribution in [2.75, 3.05) is 24.6 Å². The standard InChI is InChI=1S/C20H25N3O2/c1-3-23(4-2)19-10-9-15(13-21-19)14-22-20(24)17-11-12-25-18-8-6-5-7-16(17)18/h5-10,13,17H,3-4,11-12,14H2,1-2H3,(H,22,24)/t17-/m1/s1. The van der Waals surface area contributed by atoms with Crippen LogP contribution in [0.5, 0.6) is 5.75 Å². The van der Waals surface area contributed by atoms with Crippen molar-refractivity contribution in [2.45, 2.75) is 32.7 Å². The fourth-order valence-corrected chi connectivity index (χ4v) is 3.18. The Morgan fingerprint density at radius 3 is 2.76 bits per heavy atom. The molecule has 132 valence electrons. The summed E-state index contributed by atoms with van der Waals surface area (Å²) in [5.74, 6) is 1.69. The summed E-state index contributed by atoms with van der Waals surface area (Å²) < 4.78 is 5.63. The van der Waals surface area contributed by atoms with Gasteiger partial charge in [-0.25, -0.2) is 4.98 Å². The Labute approximate surface area is 149 Å². The van der Waals surface area contributed by atoms with Crippen LogP contribution in [0.3, 0.4) is 0 Å². The smallest absolute Gasteiger partial charge is 0.228 e. The van der Waals surface area contributed by atoms with E-state index in [0.29, 0.717) is 19.6 Å². The first-order valence-electron chi connectivity index (χ1n) is 8.92. The van der Waals surface area contributed by atoms with Crippen LogP contribution in [0.15, 0.2) is 42.6 Å². The van der Waals surface area contributed by atoms with Gasteiger partial charge in [0.1, 0.15) is 11.6 Å². The average Bonchev–Trinajstić information content (AvgIpc) is 2.67. The van der Waals surface area contributed by atoms with Crippen molar-refractivity contribution in [1.29, 1.82) is 0 Å². The molecule has 5 heteroatoms. The Morgan fingerprint density at radius 2 is 2.04 bits per heavy atom. The minimum absolute atomic E-state index is 0.0450. The lowest BCUT2D eigenvalue weighted by Gasteiger charge is -2.25. The number of pyridine rings is 1. The Morgan fingerprint density at radius 1 is 1.24 bits per heavy atom. The van der Waals surface area contributed by atoms with Gasteiger partial charge in [-0.05, 0) is 38.0 Å². The normalized spacial score (nSPS) is 15.8. The van der Waals surface area contributed by atoms with Gasteiger partial charge >= 0.3 is 0 Å². The summed E-state index contributed by atoms with van der Waals surface area (Å²) >= 11 is 0. The molecule has 1 N–H and O–H groups in total. The van der Waals surface area contributed by atoms with Gasteiger partial charge in [-0.3, -0.25) is 4.79 Å². The van der Waals surface area contributed by atoms with Gasteiger partial charge in [-0.2, -0.15) is 0 Å². The van der Waals surface area contributed by atoms with Crippen LogP contribution in [0.25, 0.3) is 0 Å². The highest BCUT2D eigenvalue weighted by molar-refractivity contribution is 5.84. The summed E-state index contributed by atoms with van der Waals surface area (Å²) in [6, 6.07) is 11.8. The molecule has 1 aromatic carbocycles. The Hall–Kier alpha value is -2.56. The predicted octanol–water partition coefficient (Wildman–Crippen LogP) is 3.11. The largest absolute Gasteiger partial charge is 0.493 e. The van der Waals surface area contributed by atoms with Gasteiger partial charge in [-0.1, -0.05) is 24.3 Å². The minimum Gasteiger partial charge on any atom is -0.493 e. The van der Waals surface area contributed by atoms with Crippen LogP contribution in [0.1, 0.15) is 37.3 Å². The number of fused-ring (bicyclic) bond motifs is 1. The van der Waals surface area contributed by atoms with Crippen LogP contribution in [0.4, 0.5) is 5.82 Å². The van der Waals surface area contributed by atoms with Gasteiger partial charge in [-0.15, -0.1) is 0 Å². The maximum Gasteiger partial charge on any atom is 0.228 e.